The van der Waals surface area contributed by atoms with Crippen LogP contribution >= 0.6 is 11.3 Å². The molecule has 0 fully saturated rings. The highest BCUT2D eigenvalue weighted by Crippen LogP contribution is 2.11. The van der Waals surface area contributed by atoms with Gasteiger partial charge in [-0.1, -0.05) is 6.92 Å². The molecule has 0 aliphatic rings. The monoisotopic (exact) mass is 207 g/mol. The molecule has 0 bridgehead atoms. The molecule has 0 saturated carbocycles. The molecule has 0 spiro atoms. The number of hydrogen-bond donors (Lipinski definition) is 0. The fourth-order valence-electron chi connectivity index (χ4n) is 1.30. The molecule has 2 aromatic heterocycles. The zero-order valence-electron chi connectivity index (χ0n) is 8.40. The summed E-state index contributed by atoms with van der Waals surface area (Å²) in [6, 6.07) is 2.01. The van der Waals surface area contributed by atoms with Crippen LogP contribution in [0.2, 0.25) is 0 Å². The Morgan fingerprint density at radius 1 is 1.50 bits per heavy atom. The van der Waals surface area contributed by atoms with Gasteiger partial charge in [0.1, 0.15) is 0 Å². The summed E-state index contributed by atoms with van der Waals surface area (Å²) in [5.74, 6) is 0. The van der Waals surface area contributed by atoms with Crippen LogP contribution in [0.25, 0.3) is 0 Å². The number of rotatable bonds is 3. The molecule has 3 nitrogen and oxygen atoms in total. The normalized spacial score (nSPS) is 10.7. The largest absolute Gasteiger partial charge is 0.264 e. The molecule has 74 valence electrons. The van der Waals surface area contributed by atoms with Crippen LogP contribution in [0.15, 0.2) is 17.6 Å². The standard InChI is InChI=1S/C10H13N3S/c1-3-10-12-9(7-14-10)6-13-8(2)4-5-11-13/h4-5,7H,3,6H2,1-2H3. The van der Waals surface area contributed by atoms with Crippen LogP contribution in [-0.4, -0.2) is 14.8 Å². The van der Waals surface area contributed by atoms with Crippen LogP contribution in [0.1, 0.15) is 23.3 Å². The van der Waals surface area contributed by atoms with Gasteiger partial charge in [0.15, 0.2) is 0 Å². The minimum atomic E-state index is 0.787. The molecule has 0 N–H and O–H groups in total. The van der Waals surface area contributed by atoms with E-state index in [4.69, 9.17) is 0 Å². The summed E-state index contributed by atoms with van der Waals surface area (Å²) in [5.41, 5.74) is 2.29. The molecule has 0 aliphatic carbocycles. The molecular formula is C10H13N3S. The summed E-state index contributed by atoms with van der Waals surface area (Å²) in [5, 5.41) is 7.54. The fourth-order valence-corrected chi connectivity index (χ4v) is 2.04. The van der Waals surface area contributed by atoms with Crippen molar-refractivity contribution in [1.29, 1.82) is 0 Å². The first-order chi connectivity index (χ1) is 6.79. The summed E-state index contributed by atoms with van der Waals surface area (Å²) >= 11 is 1.73. The maximum Gasteiger partial charge on any atom is 0.0926 e. The summed E-state index contributed by atoms with van der Waals surface area (Å²) in [6.45, 7) is 4.97. The molecule has 0 aliphatic heterocycles. The maximum atomic E-state index is 4.50. The molecule has 0 aromatic carbocycles. The Balaban J connectivity index is 2.15. The lowest BCUT2D eigenvalue weighted by Crippen LogP contribution is -2.03. The molecule has 2 rings (SSSR count). The Labute approximate surface area is 87.4 Å². The maximum absolute atomic E-state index is 4.50. The van der Waals surface area contributed by atoms with E-state index < -0.39 is 0 Å². The molecule has 0 saturated heterocycles. The van der Waals surface area contributed by atoms with Crippen LogP contribution in [0, 0.1) is 6.92 Å². The first-order valence-corrected chi connectivity index (χ1v) is 5.59. The van der Waals surface area contributed by atoms with E-state index in [1.807, 2.05) is 16.9 Å². The van der Waals surface area contributed by atoms with Crippen molar-refractivity contribution in [3.63, 3.8) is 0 Å². The van der Waals surface area contributed by atoms with Crippen molar-refractivity contribution in [1.82, 2.24) is 14.8 Å². The minimum absolute atomic E-state index is 0.787. The zero-order chi connectivity index (χ0) is 9.97. The second-order valence-electron chi connectivity index (χ2n) is 3.22. The molecular weight excluding hydrogens is 194 g/mol. The van der Waals surface area contributed by atoms with E-state index >= 15 is 0 Å². The number of aromatic nitrogens is 3. The van der Waals surface area contributed by atoms with E-state index in [1.165, 1.54) is 10.7 Å². The van der Waals surface area contributed by atoms with Gasteiger partial charge in [-0.05, 0) is 19.4 Å². The Kier molecular flexibility index (Phi) is 2.63. The van der Waals surface area contributed by atoms with Crippen LogP contribution in [-0.2, 0) is 13.0 Å². The quantitative estimate of drug-likeness (QED) is 0.773. The molecule has 0 radical (unpaired) electrons. The van der Waals surface area contributed by atoms with Crippen LogP contribution < -0.4 is 0 Å². The van der Waals surface area contributed by atoms with Crippen molar-refractivity contribution >= 4 is 11.3 Å². The molecule has 0 amide bonds. The van der Waals surface area contributed by atoms with Crippen molar-refractivity contribution in [2.24, 2.45) is 0 Å². The third-order valence-corrected chi connectivity index (χ3v) is 3.18. The third-order valence-electron chi connectivity index (χ3n) is 2.14. The van der Waals surface area contributed by atoms with Gasteiger partial charge in [0.05, 0.1) is 17.2 Å². The van der Waals surface area contributed by atoms with Gasteiger partial charge in [-0.2, -0.15) is 5.10 Å². The van der Waals surface area contributed by atoms with E-state index in [-0.39, 0.29) is 0 Å². The first kappa shape index (κ1) is 9.40. The highest BCUT2D eigenvalue weighted by Gasteiger charge is 2.02. The summed E-state index contributed by atoms with van der Waals surface area (Å²) in [4.78, 5) is 4.50. The van der Waals surface area contributed by atoms with Gasteiger partial charge in [0, 0.05) is 17.3 Å². The van der Waals surface area contributed by atoms with E-state index in [1.54, 1.807) is 11.3 Å². The summed E-state index contributed by atoms with van der Waals surface area (Å²) < 4.78 is 1.97. The average molecular weight is 207 g/mol. The molecule has 14 heavy (non-hydrogen) atoms. The molecule has 4 heteroatoms. The van der Waals surface area contributed by atoms with Gasteiger partial charge in [0.2, 0.25) is 0 Å². The topological polar surface area (TPSA) is 30.7 Å². The second kappa shape index (κ2) is 3.92. The van der Waals surface area contributed by atoms with E-state index in [9.17, 15) is 0 Å². The highest BCUT2D eigenvalue weighted by molar-refractivity contribution is 7.09. The van der Waals surface area contributed by atoms with Gasteiger partial charge in [0.25, 0.3) is 0 Å². The Hall–Kier alpha value is -1.16. The van der Waals surface area contributed by atoms with Crippen molar-refractivity contribution in [2.75, 3.05) is 0 Å². The van der Waals surface area contributed by atoms with Gasteiger partial charge < -0.3 is 0 Å². The number of aryl methyl sites for hydroxylation is 2. The van der Waals surface area contributed by atoms with E-state index in [0.29, 0.717) is 0 Å². The third kappa shape index (κ3) is 1.85. The van der Waals surface area contributed by atoms with E-state index in [2.05, 4.69) is 29.3 Å². The molecule has 0 unspecified atom stereocenters. The SMILES string of the molecule is CCc1nc(Cn2nccc2C)cs1. The van der Waals surface area contributed by atoms with Crippen molar-refractivity contribution in [2.45, 2.75) is 26.8 Å². The van der Waals surface area contributed by atoms with Gasteiger partial charge in [-0.3, -0.25) is 4.68 Å². The van der Waals surface area contributed by atoms with Crippen molar-refractivity contribution < 1.29 is 0 Å². The predicted octanol–water partition coefficient (Wildman–Crippen LogP) is 2.26. The zero-order valence-corrected chi connectivity index (χ0v) is 9.21. The van der Waals surface area contributed by atoms with Crippen LogP contribution in [0.5, 0.6) is 0 Å². The lowest BCUT2D eigenvalue weighted by Gasteiger charge is -2.00. The molecule has 0 atom stereocenters. The lowest BCUT2D eigenvalue weighted by molar-refractivity contribution is 0.654. The Morgan fingerprint density at radius 2 is 2.36 bits per heavy atom. The Bertz CT molecular complexity index is 416. The number of hydrogen-bond acceptors (Lipinski definition) is 3. The molecule has 2 aromatic rings. The van der Waals surface area contributed by atoms with Gasteiger partial charge >= 0.3 is 0 Å². The minimum Gasteiger partial charge on any atom is -0.264 e. The Morgan fingerprint density at radius 3 is 2.93 bits per heavy atom. The number of thiazole rings is 1. The van der Waals surface area contributed by atoms with Crippen LogP contribution in [0.3, 0.4) is 0 Å². The van der Waals surface area contributed by atoms with Crippen molar-refractivity contribution in [3.05, 3.63) is 34.0 Å². The highest BCUT2D eigenvalue weighted by atomic mass is 32.1. The smallest absolute Gasteiger partial charge is 0.0926 e. The number of nitrogens with zero attached hydrogens (tertiary/aromatic N) is 3. The van der Waals surface area contributed by atoms with Crippen molar-refractivity contribution in [3.8, 4) is 0 Å². The summed E-state index contributed by atoms with van der Waals surface area (Å²) in [7, 11) is 0. The first-order valence-electron chi connectivity index (χ1n) is 4.71. The summed E-state index contributed by atoms with van der Waals surface area (Å²) in [6.07, 6.45) is 2.84. The van der Waals surface area contributed by atoms with E-state index in [0.717, 1.165) is 18.7 Å². The predicted molar refractivity (Wildman–Crippen MR) is 57.6 cm³/mol. The lowest BCUT2D eigenvalue weighted by atomic mass is 10.4. The average Bonchev–Trinajstić information content (AvgIpc) is 2.77. The second-order valence-corrected chi connectivity index (χ2v) is 4.16. The molecule has 2 heterocycles. The van der Waals surface area contributed by atoms with Gasteiger partial charge in [-0.15, -0.1) is 11.3 Å². The van der Waals surface area contributed by atoms with Gasteiger partial charge in [-0.25, -0.2) is 4.98 Å². The fraction of sp³-hybridized carbons (Fsp3) is 0.400. The van der Waals surface area contributed by atoms with Crippen LogP contribution in [0.4, 0.5) is 0 Å².